The number of carboxylic acids is 1. The second kappa shape index (κ2) is 15.7. The number of amides is 1. The summed E-state index contributed by atoms with van der Waals surface area (Å²) in [5, 5.41) is 11.8. The van der Waals surface area contributed by atoms with Crippen LogP contribution < -0.4 is 22.5 Å². The fourth-order valence-corrected chi connectivity index (χ4v) is 4.06. The molecule has 0 saturated heterocycles. The van der Waals surface area contributed by atoms with Crippen LogP contribution in [0, 0.1) is 11.8 Å². The van der Waals surface area contributed by atoms with E-state index in [1.54, 1.807) is 0 Å². The van der Waals surface area contributed by atoms with Gasteiger partial charge in [0.05, 0.1) is 0 Å². The molecule has 1 aliphatic rings. The monoisotopic (exact) mass is 480 g/mol. The van der Waals surface area contributed by atoms with Gasteiger partial charge in [0.25, 0.3) is 0 Å². The van der Waals surface area contributed by atoms with Crippen molar-refractivity contribution in [2.45, 2.75) is 51.0 Å². The molecular formula is C28H40N4O3. The predicted molar refractivity (Wildman–Crippen MR) is 143 cm³/mol. The van der Waals surface area contributed by atoms with E-state index < -0.39 is 12.0 Å². The van der Waals surface area contributed by atoms with Gasteiger partial charge in [0.1, 0.15) is 6.04 Å². The number of unbranched alkanes of at least 4 members (excludes halogenated alkanes) is 1. The molecule has 0 aliphatic heterocycles. The molecule has 0 spiro atoms. The number of hydrogen-bond acceptors (Lipinski definition) is 5. The molecule has 1 saturated carbocycles. The van der Waals surface area contributed by atoms with Crippen LogP contribution in [0.1, 0.15) is 56.1 Å². The number of carboxylic acid groups (broad SMARTS) is 1. The van der Waals surface area contributed by atoms with Crippen LogP contribution in [0.15, 0.2) is 54.6 Å². The van der Waals surface area contributed by atoms with E-state index in [1.807, 2.05) is 42.5 Å². The lowest BCUT2D eigenvalue weighted by atomic mass is 9.81. The van der Waals surface area contributed by atoms with Crippen molar-refractivity contribution in [3.05, 3.63) is 65.7 Å². The minimum Gasteiger partial charge on any atom is -0.480 e. The van der Waals surface area contributed by atoms with E-state index in [0.717, 1.165) is 43.4 Å². The lowest BCUT2D eigenvalue weighted by Crippen LogP contribution is -2.44. The quantitative estimate of drug-likeness (QED) is 0.198. The molecule has 2 aromatic rings. The molecule has 0 bridgehead atoms. The maximum Gasteiger partial charge on any atom is 0.326 e. The normalized spacial score (nSPS) is 18.3. The summed E-state index contributed by atoms with van der Waals surface area (Å²) < 4.78 is 0. The molecule has 3 rings (SSSR count). The number of nitrogens with two attached hydrogens (primary N) is 3. The van der Waals surface area contributed by atoms with Crippen molar-refractivity contribution in [3.8, 4) is 0 Å². The Balaban J connectivity index is 0.000000256. The highest BCUT2D eigenvalue weighted by Crippen LogP contribution is 2.28. The number of carbonyl (C=O) groups is 2. The predicted octanol–water partition coefficient (Wildman–Crippen LogP) is 3.89. The first kappa shape index (κ1) is 28.1. The van der Waals surface area contributed by atoms with Gasteiger partial charge in [-0.05, 0) is 87.2 Å². The largest absolute Gasteiger partial charge is 0.480 e. The van der Waals surface area contributed by atoms with Crippen LogP contribution >= 0.6 is 0 Å². The van der Waals surface area contributed by atoms with E-state index in [4.69, 9.17) is 22.3 Å². The van der Waals surface area contributed by atoms with Crippen LogP contribution in [-0.2, 0) is 9.59 Å². The highest BCUT2D eigenvalue weighted by molar-refractivity contribution is 5.85. The van der Waals surface area contributed by atoms with Gasteiger partial charge in [-0.3, -0.25) is 4.79 Å². The van der Waals surface area contributed by atoms with Crippen molar-refractivity contribution in [1.82, 2.24) is 5.32 Å². The second-order valence-corrected chi connectivity index (χ2v) is 9.05. The Labute approximate surface area is 208 Å². The third kappa shape index (κ3) is 10.8. The van der Waals surface area contributed by atoms with Crippen molar-refractivity contribution >= 4 is 29.7 Å². The zero-order valence-electron chi connectivity index (χ0n) is 20.4. The Morgan fingerprint density at radius 3 is 2.06 bits per heavy atom. The Kier molecular flexibility index (Phi) is 12.6. The van der Waals surface area contributed by atoms with Crippen molar-refractivity contribution in [2.24, 2.45) is 23.3 Å². The van der Waals surface area contributed by atoms with Crippen LogP contribution in [0.3, 0.4) is 0 Å². The van der Waals surface area contributed by atoms with Crippen LogP contribution in [0.4, 0.5) is 5.69 Å². The Hall–Kier alpha value is -3.16. The fourth-order valence-electron chi connectivity index (χ4n) is 4.06. The first-order valence-corrected chi connectivity index (χ1v) is 12.4. The molecule has 1 fully saturated rings. The Bertz CT molecular complexity index is 908. The minimum atomic E-state index is -0.967. The van der Waals surface area contributed by atoms with Gasteiger partial charge in [0, 0.05) is 11.6 Å². The number of aliphatic carboxylic acids is 1. The van der Waals surface area contributed by atoms with Gasteiger partial charge in [-0.2, -0.15) is 0 Å². The van der Waals surface area contributed by atoms with Crippen molar-refractivity contribution in [1.29, 1.82) is 0 Å². The third-order valence-corrected chi connectivity index (χ3v) is 6.32. The average Bonchev–Trinajstić information content (AvgIpc) is 2.88. The van der Waals surface area contributed by atoms with E-state index >= 15 is 0 Å². The molecule has 0 radical (unpaired) electrons. The SMILES string of the molecule is NCCCC[C@H](NC(=O)[C@H]1CC[C@H](CN)CC1)C(=O)O.Nc1ccc(C=Cc2ccccc2)cc1. The summed E-state index contributed by atoms with van der Waals surface area (Å²) in [6.45, 7) is 1.22. The van der Waals surface area contributed by atoms with E-state index in [2.05, 4.69) is 29.6 Å². The molecule has 1 aliphatic carbocycles. The maximum atomic E-state index is 12.1. The van der Waals surface area contributed by atoms with Crippen LogP contribution in [0.5, 0.6) is 0 Å². The van der Waals surface area contributed by atoms with Crippen LogP contribution in [-0.4, -0.2) is 36.1 Å². The Morgan fingerprint density at radius 1 is 0.914 bits per heavy atom. The molecule has 8 N–H and O–H groups in total. The molecule has 7 nitrogen and oxygen atoms in total. The van der Waals surface area contributed by atoms with E-state index in [9.17, 15) is 9.59 Å². The van der Waals surface area contributed by atoms with Gasteiger partial charge < -0.3 is 27.6 Å². The molecule has 35 heavy (non-hydrogen) atoms. The smallest absolute Gasteiger partial charge is 0.326 e. The number of anilines is 1. The molecule has 0 aromatic heterocycles. The summed E-state index contributed by atoms with van der Waals surface area (Å²) in [4.78, 5) is 23.3. The fraction of sp³-hybridized carbons (Fsp3) is 0.429. The summed E-state index contributed by atoms with van der Waals surface area (Å²) >= 11 is 0. The third-order valence-electron chi connectivity index (χ3n) is 6.32. The first-order chi connectivity index (χ1) is 16.9. The molecule has 1 amide bonds. The van der Waals surface area contributed by atoms with E-state index in [1.165, 1.54) is 5.56 Å². The zero-order valence-corrected chi connectivity index (χ0v) is 20.4. The van der Waals surface area contributed by atoms with Gasteiger partial charge in [-0.1, -0.05) is 54.6 Å². The summed E-state index contributed by atoms with van der Waals surface area (Å²) in [5.41, 5.74) is 19.8. The van der Waals surface area contributed by atoms with Gasteiger partial charge in [0.15, 0.2) is 0 Å². The topological polar surface area (TPSA) is 144 Å². The average molecular weight is 481 g/mol. The number of nitrogen functional groups attached to an aromatic ring is 1. The maximum absolute atomic E-state index is 12.1. The van der Waals surface area contributed by atoms with E-state index in [-0.39, 0.29) is 11.8 Å². The molecule has 7 heteroatoms. The first-order valence-electron chi connectivity index (χ1n) is 12.4. The van der Waals surface area contributed by atoms with Gasteiger partial charge in [-0.25, -0.2) is 4.79 Å². The lowest BCUT2D eigenvalue weighted by molar-refractivity contribution is -0.143. The summed E-state index contributed by atoms with van der Waals surface area (Å²) in [6, 6.07) is 17.3. The highest BCUT2D eigenvalue weighted by Gasteiger charge is 2.28. The summed E-state index contributed by atoms with van der Waals surface area (Å²) in [5.74, 6) is -0.639. The Morgan fingerprint density at radius 2 is 1.51 bits per heavy atom. The molecule has 0 unspecified atom stereocenters. The zero-order chi connectivity index (χ0) is 25.5. The highest BCUT2D eigenvalue weighted by atomic mass is 16.4. The van der Waals surface area contributed by atoms with Crippen molar-refractivity contribution < 1.29 is 14.7 Å². The molecule has 2 aromatic carbocycles. The van der Waals surface area contributed by atoms with Gasteiger partial charge in [0.2, 0.25) is 5.91 Å². The van der Waals surface area contributed by atoms with E-state index in [0.29, 0.717) is 31.8 Å². The second-order valence-electron chi connectivity index (χ2n) is 9.05. The van der Waals surface area contributed by atoms with Gasteiger partial charge >= 0.3 is 5.97 Å². The number of rotatable bonds is 10. The van der Waals surface area contributed by atoms with Crippen molar-refractivity contribution in [2.75, 3.05) is 18.8 Å². The number of hydrogen-bond donors (Lipinski definition) is 5. The summed E-state index contributed by atoms with van der Waals surface area (Å²) in [6.07, 6.45) is 9.64. The number of nitrogens with one attached hydrogen (secondary N) is 1. The summed E-state index contributed by atoms with van der Waals surface area (Å²) in [7, 11) is 0. The van der Waals surface area contributed by atoms with Crippen molar-refractivity contribution in [3.63, 3.8) is 0 Å². The molecular weight excluding hydrogens is 440 g/mol. The molecule has 0 heterocycles. The van der Waals surface area contributed by atoms with Gasteiger partial charge in [-0.15, -0.1) is 0 Å². The molecule has 1 atom stereocenters. The standard InChI is InChI=1S/C14H27N3O3.C14H13N/c15-8-2-1-3-12(14(19)20)17-13(18)11-6-4-10(9-16)5-7-11;15-14-10-8-13(9-11-14)7-6-12-4-2-1-3-5-12/h10-12H,1-9,15-16H2,(H,17,18)(H,19,20);1-11H,15H2/t10-,11-,12-;/m0./s1. The van der Waals surface area contributed by atoms with Crippen LogP contribution in [0.25, 0.3) is 12.2 Å². The number of carbonyl (C=O) groups excluding carboxylic acids is 1. The minimum absolute atomic E-state index is 0.0610. The molecule has 190 valence electrons. The number of benzene rings is 2. The van der Waals surface area contributed by atoms with Crippen LogP contribution in [0.2, 0.25) is 0 Å². The lowest BCUT2D eigenvalue weighted by Gasteiger charge is -2.27.